The van der Waals surface area contributed by atoms with Gasteiger partial charge in [0, 0.05) is 45.5 Å². The standard InChI is InChI=1S/C22H32N6/c1-4-23-22(24-16-18-10-8-14-21(25-18)27(2)3)26-19-11-9-15-28(17-19)20-12-6-5-7-13-20/h5-8,10,12-14,19H,4,9,11,15-17H2,1-3H3,(H2,23,24,26). The molecule has 6 heteroatoms. The Hall–Kier alpha value is -2.76. The molecule has 3 rings (SSSR count). The fourth-order valence-corrected chi connectivity index (χ4v) is 3.45. The van der Waals surface area contributed by atoms with Crippen molar-refractivity contribution in [2.75, 3.05) is 43.5 Å². The molecule has 0 saturated carbocycles. The number of guanidine groups is 1. The third kappa shape index (κ3) is 5.62. The summed E-state index contributed by atoms with van der Waals surface area (Å²) in [5.41, 5.74) is 2.26. The maximum atomic E-state index is 4.77. The number of anilines is 2. The van der Waals surface area contributed by atoms with Gasteiger partial charge < -0.3 is 20.4 Å². The second-order valence-electron chi connectivity index (χ2n) is 7.34. The van der Waals surface area contributed by atoms with Gasteiger partial charge in [-0.1, -0.05) is 24.3 Å². The van der Waals surface area contributed by atoms with E-state index in [4.69, 9.17) is 4.99 Å². The van der Waals surface area contributed by atoms with Gasteiger partial charge in [-0.25, -0.2) is 9.98 Å². The van der Waals surface area contributed by atoms with E-state index in [1.807, 2.05) is 37.2 Å². The molecule has 0 radical (unpaired) electrons. The summed E-state index contributed by atoms with van der Waals surface area (Å²) in [5.74, 6) is 1.82. The van der Waals surface area contributed by atoms with Crippen LogP contribution in [0.4, 0.5) is 11.5 Å². The van der Waals surface area contributed by atoms with Gasteiger partial charge in [0.2, 0.25) is 0 Å². The topological polar surface area (TPSA) is 55.8 Å². The Morgan fingerprint density at radius 3 is 2.75 bits per heavy atom. The lowest BCUT2D eigenvalue weighted by molar-refractivity contribution is 0.468. The summed E-state index contributed by atoms with van der Waals surface area (Å²) in [6.07, 6.45) is 2.33. The van der Waals surface area contributed by atoms with Crippen molar-refractivity contribution in [3.8, 4) is 0 Å². The monoisotopic (exact) mass is 380 g/mol. The van der Waals surface area contributed by atoms with Gasteiger partial charge in [0.1, 0.15) is 5.82 Å². The number of piperidine rings is 1. The Labute approximate surface area is 168 Å². The van der Waals surface area contributed by atoms with Crippen LogP contribution in [0.25, 0.3) is 0 Å². The molecule has 0 spiro atoms. The highest BCUT2D eigenvalue weighted by atomic mass is 15.2. The molecule has 0 aliphatic carbocycles. The number of benzene rings is 1. The first kappa shape index (κ1) is 20.0. The zero-order chi connectivity index (χ0) is 19.8. The van der Waals surface area contributed by atoms with Gasteiger partial charge in [-0.3, -0.25) is 0 Å². The van der Waals surface area contributed by atoms with E-state index in [1.165, 1.54) is 12.1 Å². The van der Waals surface area contributed by atoms with E-state index in [9.17, 15) is 0 Å². The third-order valence-electron chi connectivity index (χ3n) is 4.88. The van der Waals surface area contributed by atoms with Gasteiger partial charge in [-0.2, -0.15) is 0 Å². The van der Waals surface area contributed by atoms with E-state index < -0.39 is 0 Å². The predicted molar refractivity (Wildman–Crippen MR) is 118 cm³/mol. The van der Waals surface area contributed by atoms with Crippen molar-refractivity contribution < 1.29 is 0 Å². The summed E-state index contributed by atoms with van der Waals surface area (Å²) >= 11 is 0. The number of nitrogens with one attached hydrogen (secondary N) is 2. The molecule has 1 saturated heterocycles. The molecule has 1 aliphatic rings. The molecule has 6 nitrogen and oxygen atoms in total. The molecule has 1 unspecified atom stereocenters. The lowest BCUT2D eigenvalue weighted by Gasteiger charge is -2.35. The summed E-state index contributed by atoms with van der Waals surface area (Å²) in [5, 5.41) is 7.00. The molecule has 0 bridgehead atoms. The molecule has 1 aromatic heterocycles. The third-order valence-corrected chi connectivity index (χ3v) is 4.88. The summed E-state index contributed by atoms with van der Waals surface area (Å²) in [6, 6.07) is 17.1. The SMILES string of the molecule is CCNC(=NCc1cccc(N(C)C)n1)NC1CCCN(c2ccccc2)C1. The number of para-hydroxylation sites is 1. The Morgan fingerprint density at radius 1 is 1.18 bits per heavy atom. The number of aliphatic imine (C=N–C) groups is 1. The van der Waals surface area contributed by atoms with Crippen LogP contribution in [0.1, 0.15) is 25.5 Å². The first-order valence-corrected chi connectivity index (χ1v) is 10.1. The molecule has 1 atom stereocenters. The Balaban J connectivity index is 1.63. The fraction of sp³-hybridized carbons (Fsp3) is 0.455. The van der Waals surface area contributed by atoms with Crippen molar-refractivity contribution in [2.45, 2.75) is 32.4 Å². The Bertz CT molecular complexity index is 759. The maximum Gasteiger partial charge on any atom is 0.191 e. The average molecular weight is 381 g/mol. The molecule has 0 amide bonds. The minimum atomic E-state index is 0.382. The van der Waals surface area contributed by atoms with E-state index in [2.05, 4.69) is 57.8 Å². The molecule has 2 N–H and O–H groups in total. The van der Waals surface area contributed by atoms with Crippen LogP contribution in [0.15, 0.2) is 53.5 Å². The number of aromatic nitrogens is 1. The smallest absolute Gasteiger partial charge is 0.191 e. The van der Waals surface area contributed by atoms with Crippen LogP contribution in [0.2, 0.25) is 0 Å². The van der Waals surface area contributed by atoms with E-state index >= 15 is 0 Å². The van der Waals surface area contributed by atoms with Crippen molar-refractivity contribution >= 4 is 17.5 Å². The lowest BCUT2D eigenvalue weighted by Crippen LogP contribution is -2.51. The average Bonchev–Trinajstić information content (AvgIpc) is 2.73. The Morgan fingerprint density at radius 2 is 2.00 bits per heavy atom. The first-order chi connectivity index (χ1) is 13.7. The molecule has 2 aromatic rings. The molecule has 28 heavy (non-hydrogen) atoms. The largest absolute Gasteiger partial charge is 0.369 e. The van der Waals surface area contributed by atoms with Crippen molar-refractivity contribution in [1.82, 2.24) is 15.6 Å². The molecule has 150 valence electrons. The quantitative estimate of drug-likeness (QED) is 0.596. The summed E-state index contributed by atoms with van der Waals surface area (Å²) in [7, 11) is 4.01. The Kier molecular flexibility index (Phi) is 7.12. The van der Waals surface area contributed by atoms with Crippen LogP contribution in [-0.2, 0) is 6.54 Å². The first-order valence-electron chi connectivity index (χ1n) is 10.1. The number of hydrogen-bond donors (Lipinski definition) is 2. The maximum absolute atomic E-state index is 4.77. The molecule has 1 fully saturated rings. The van der Waals surface area contributed by atoms with Crippen LogP contribution in [0.3, 0.4) is 0 Å². The minimum Gasteiger partial charge on any atom is -0.369 e. The van der Waals surface area contributed by atoms with Gasteiger partial charge in [-0.15, -0.1) is 0 Å². The van der Waals surface area contributed by atoms with Crippen molar-refractivity contribution in [3.05, 3.63) is 54.2 Å². The van der Waals surface area contributed by atoms with Crippen molar-refractivity contribution in [1.29, 1.82) is 0 Å². The van der Waals surface area contributed by atoms with Crippen LogP contribution in [0.5, 0.6) is 0 Å². The zero-order valence-electron chi connectivity index (χ0n) is 17.2. The molecule has 2 heterocycles. The van der Waals surface area contributed by atoms with Crippen LogP contribution in [0, 0.1) is 0 Å². The summed E-state index contributed by atoms with van der Waals surface area (Å²) in [4.78, 5) is 13.9. The highest BCUT2D eigenvalue weighted by Gasteiger charge is 2.20. The van der Waals surface area contributed by atoms with E-state index in [0.717, 1.165) is 43.5 Å². The van der Waals surface area contributed by atoms with Crippen molar-refractivity contribution in [3.63, 3.8) is 0 Å². The number of nitrogens with zero attached hydrogens (tertiary/aromatic N) is 4. The second-order valence-corrected chi connectivity index (χ2v) is 7.34. The van der Waals surface area contributed by atoms with Gasteiger partial charge in [0.05, 0.1) is 12.2 Å². The normalized spacial score (nSPS) is 17.3. The van der Waals surface area contributed by atoms with Crippen LogP contribution < -0.4 is 20.4 Å². The van der Waals surface area contributed by atoms with E-state index in [0.29, 0.717) is 12.6 Å². The number of hydrogen-bond acceptors (Lipinski definition) is 4. The molecule has 1 aromatic carbocycles. The van der Waals surface area contributed by atoms with Gasteiger partial charge in [0.15, 0.2) is 5.96 Å². The molecular formula is C22H32N6. The van der Waals surface area contributed by atoms with E-state index in [1.54, 1.807) is 0 Å². The summed E-state index contributed by atoms with van der Waals surface area (Å²) in [6.45, 7) is 5.59. The predicted octanol–water partition coefficient (Wildman–Crippen LogP) is 2.87. The molecule has 1 aliphatic heterocycles. The lowest BCUT2D eigenvalue weighted by atomic mass is 10.1. The van der Waals surface area contributed by atoms with Crippen molar-refractivity contribution in [2.24, 2.45) is 4.99 Å². The highest BCUT2D eigenvalue weighted by Crippen LogP contribution is 2.19. The van der Waals surface area contributed by atoms with Gasteiger partial charge in [0.25, 0.3) is 0 Å². The van der Waals surface area contributed by atoms with Crippen LogP contribution in [-0.4, -0.2) is 50.7 Å². The number of rotatable bonds is 6. The fourth-order valence-electron chi connectivity index (χ4n) is 3.45. The van der Waals surface area contributed by atoms with E-state index in [-0.39, 0.29) is 0 Å². The zero-order valence-corrected chi connectivity index (χ0v) is 17.2. The van der Waals surface area contributed by atoms with Crippen LogP contribution >= 0.6 is 0 Å². The second kappa shape index (κ2) is 9.97. The van der Waals surface area contributed by atoms with Gasteiger partial charge >= 0.3 is 0 Å². The molecular weight excluding hydrogens is 348 g/mol. The van der Waals surface area contributed by atoms with Gasteiger partial charge in [-0.05, 0) is 44.0 Å². The summed E-state index contributed by atoms with van der Waals surface area (Å²) < 4.78 is 0. The number of pyridine rings is 1. The highest BCUT2D eigenvalue weighted by molar-refractivity contribution is 5.80. The minimum absolute atomic E-state index is 0.382.